The molecule has 0 spiro atoms. The summed E-state index contributed by atoms with van der Waals surface area (Å²) in [6.07, 6.45) is 4.90. The molecule has 1 aromatic rings. The molecule has 2 amide bonds. The van der Waals surface area contributed by atoms with E-state index in [-0.39, 0.29) is 42.1 Å². The molecule has 1 saturated carbocycles. The molecular weight excluding hydrogens is 456 g/mol. The number of amides is 2. The number of hydrogen-bond acceptors (Lipinski definition) is 6. The number of likely N-dealkylation sites (tertiary alicyclic amines) is 1. The topological polar surface area (TPSA) is 82.2 Å². The summed E-state index contributed by atoms with van der Waals surface area (Å²) in [5.41, 5.74) is 1.69. The third-order valence-electron chi connectivity index (χ3n) is 8.71. The average Bonchev–Trinajstić information content (AvgIpc) is 3.47. The fourth-order valence-electron chi connectivity index (χ4n) is 6.52. The van der Waals surface area contributed by atoms with Gasteiger partial charge in [-0.2, -0.15) is 0 Å². The number of benzene rings is 1. The Morgan fingerprint density at radius 1 is 1.06 bits per heavy atom. The Hall–Kier alpha value is -2.45. The summed E-state index contributed by atoms with van der Waals surface area (Å²) in [6.45, 7) is 9.93. The van der Waals surface area contributed by atoms with Gasteiger partial charge in [0, 0.05) is 49.9 Å². The minimum Gasteiger partial charge on any atom is -0.369 e. The van der Waals surface area contributed by atoms with Gasteiger partial charge in [0.15, 0.2) is 5.78 Å². The summed E-state index contributed by atoms with van der Waals surface area (Å²) in [5, 5.41) is 3.10. The molecule has 0 aromatic heterocycles. The average molecular weight is 497 g/mol. The Morgan fingerprint density at radius 2 is 1.75 bits per heavy atom. The van der Waals surface area contributed by atoms with Crippen molar-refractivity contribution in [2.75, 3.05) is 50.8 Å². The maximum Gasteiger partial charge on any atom is 0.251 e. The lowest BCUT2D eigenvalue weighted by molar-refractivity contribution is -0.139. The maximum absolute atomic E-state index is 13.9. The molecule has 0 radical (unpaired) electrons. The molecule has 196 valence electrons. The largest absolute Gasteiger partial charge is 0.369 e. The number of likely N-dealkylation sites (N-methyl/N-ethyl adjacent to an activating group) is 1. The smallest absolute Gasteiger partial charge is 0.251 e. The van der Waals surface area contributed by atoms with Crippen molar-refractivity contribution in [2.24, 2.45) is 11.8 Å². The van der Waals surface area contributed by atoms with Crippen LogP contribution < -0.4 is 10.2 Å². The van der Waals surface area contributed by atoms with Gasteiger partial charge in [-0.3, -0.25) is 14.4 Å². The number of ketones is 1. The second-order valence-electron chi connectivity index (χ2n) is 11.0. The minimum atomic E-state index is -0.612. The first-order chi connectivity index (χ1) is 17.5. The second-order valence-corrected chi connectivity index (χ2v) is 11.0. The van der Waals surface area contributed by atoms with Crippen LogP contribution in [0.2, 0.25) is 0 Å². The Morgan fingerprint density at radius 3 is 2.42 bits per heavy atom. The highest BCUT2D eigenvalue weighted by atomic mass is 16.5. The fraction of sp³-hybridized carbons (Fsp3) is 0.679. The van der Waals surface area contributed by atoms with E-state index >= 15 is 0 Å². The van der Waals surface area contributed by atoms with E-state index in [9.17, 15) is 14.4 Å². The number of carbonyl (C=O) groups is 3. The Bertz CT molecular complexity index is 953. The van der Waals surface area contributed by atoms with E-state index < -0.39 is 12.1 Å². The monoisotopic (exact) mass is 496 g/mol. The van der Waals surface area contributed by atoms with Gasteiger partial charge in [0.25, 0.3) is 5.91 Å². The lowest BCUT2D eigenvalue weighted by atomic mass is 9.83. The molecule has 3 aliphatic heterocycles. The fourth-order valence-corrected chi connectivity index (χ4v) is 6.52. The van der Waals surface area contributed by atoms with Crippen molar-refractivity contribution in [3.63, 3.8) is 0 Å². The van der Waals surface area contributed by atoms with E-state index in [0.29, 0.717) is 12.1 Å². The van der Waals surface area contributed by atoms with Gasteiger partial charge in [-0.1, -0.05) is 33.1 Å². The van der Waals surface area contributed by atoms with Crippen LogP contribution in [-0.2, 0) is 14.3 Å². The first-order valence-electron chi connectivity index (χ1n) is 13.8. The van der Waals surface area contributed by atoms with E-state index in [1.165, 1.54) is 0 Å². The summed E-state index contributed by atoms with van der Waals surface area (Å²) in [5.74, 6) is -0.171. The summed E-state index contributed by atoms with van der Waals surface area (Å²) in [4.78, 5) is 46.2. The minimum absolute atomic E-state index is 0.0261. The molecule has 8 heteroatoms. The van der Waals surface area contributed by atoms with Gasteiger partial charge in [-0.25, -0.2) is 0 Å². The highest BCUT2D eigenvalue weighted by Crippen LogP contribution is 2.34. The van der Waals surface area contributed by atoms with Gasteiger partial charge >= 0.3 is 0 Å². The molecule has 1 aliphatic carbocycles. The summed E-state index contributed by atoms with van der Waals surface area (Å²) in [6, 6.07) is 6.62. The molecule has 4 aliphatic rings. The van der Waals surface area contributed by atoms with Crippen molar-refractivity contribution in [1.82, 2.24) is 15.1 Å². The van der Waals surface area contributed by atoms with Crippen LogP contribution in [0.4, 0.5) is 5.69 Å². The molecule has 0 bridgehead atoms. The molecule has 4 fully saturated rings. The summed E-state index contributed by atoms with van der Waals surface area (Å²) in [7, 11) is 0. The Labute approximate surface area is 214 Å². The van der Waals surface area contributed by atoms with Crippen molar-refractivity contribution >= 4 is 23.3 Å². The number of fused-ring (bicyclic) bond motifs is 1. The van der Waals surface area contributed by atoms with Crippen LogP contribution in [0.3, 0.4) is 0 Å². The SMILES string of the molecule is CCN1CCN(c2ccc(C(=O)N[C@H](C(=O)N3C[C@@H](C)[C@H]4OCC(=O)[C@H]43)C3CCCCC3)cc2)CC1. The Balaban J connectivity index is 1.29. The molecule has 3 heterocycles. The predicted molar refractivity (Wildman–Crippen MR) is 138 cm³/mol. The number of anilines is 1. The molecule has 36 heavy (non-hydrogen) atoms. The van der Waals surface area contributed by atoms with Crippen molar-refractivity contribution in [1.29, 1.82) is 0 Å². The molecule has 4 atom stereocenters. The first-order valence-corrected chi connectivity index (χ1v) is 13.8. The van der Waals surface area contributed by atoms with Gasteiger partial charge in [0.1, 0.15) is 18.7 Å². The number of ether oxygens (including phenoxy) is 1. The van der Waals surface area contributed by atoms with Gasteiger partial charge in [0.05, 0.1) is 6.10 Å². The van der Waals surface area contributed by atoms with Gasteiger partial charge in [0.2, 0.25) is 5.91 Å². The number of Topliss-reactive ketones (excluding diaryl/α,β-unsaturated/α-hetero) is 1. The van der Waals surface area contributed by atoms with Crippen molar-refractivity contribution in [3.8, 4) is 0 Å². The quantitative estimate of drug-likeness (QED) is 0.651. The van der Waals surface area contributed by atoms with Crippen molar-refractivity contribution in [2.45, 2.75) is 64.1 Å². The first kappa shape index (κ1) is 25.2. The summed E-state index contributed by atoms with van der Waals surface area (Å²) < 4.78 is 5.69. The number of rotatable bonds is 6. The molecule has 3 saturated heterocycles. The number of nitrogens with one attached hydrogen (secondary N) is 1. The predicted octanol–water partition coefficient (Wildman–Crippen LogP) is 2.32. The second kappa shape index (κ2) is 10.9. The molecule has 8 nitrogen and oxygen atoms in total. The lowest BCUT2D eigenvalue weighted by Crippen LogP contribution is -2.55. The van der Waals surface area contributed by atoms with E-state index in [4.69, 9.17) is 4.74 Å². The Kier molecular flexibility index (Phi) is 7.62. The number of nitrogens with zero attached hydrogens (tertiary/aromatic N) is 3. The highest BCUT2D eigenvalue weighted by Gasteiger charge is 2.52. The standard InChI is InChI=1S/C28H40N4O4/c1-3-30-13-15-31(16-14-30)22-11-9-21(10-12-22)27(34)29-24(20-7-5-4-6-8-20)28(35)32-17-19(2)26-25(32)23(33)18-36-26/h9-12,19-20,24-26H,3-8,13-18H2,1-2H3,(H,29,34)/t19-,24+,25-,26-/m1/s1. The van der Waals surface area contributed by atoms with Crippen LogP contribution >= 0.6 is 0 Å². The van der Waals surface area contributed by atoms with E-state index in [0.717, 1.165) is 70.5 Å². The van der Waals surface area contributed by atoms with Crippen molar-refractivity contribution in [3.05, 3.63) is 29.8 Å². The number of carbonyl (C=O) groups excluding carboxylic acids is 3. The van der Waals surface area contributed by atoms with Gasteiger partial charge in [-0.05, 0) is 49.6 Å². The van der Waals surface area contributed by atoms with E-state index in [1.807, 2.05) is 31.2 Å². The van der Waals surface area contributed by atoms with Crippen molar-refractivity contribution < 1.29 is 19.1 Å². The lowest BCUT2D eigenvalue weighted by Gasteiger charge is -2.35. The normalized spacial score (nSPS) is 28.3. The van der Waals surface area contributed by atoms with Gasteiger partial charge < -0.3 is 24.8 Å². The van der Waals surface area contributed by atoms with E-state index in [1.54, 1.807) is 4.90 Å². The van der Waals surface area contributed by atoms with Crippen LogP contribution in [0, 0.1) is 11.8 Å². The molecule has 1 aromatic carbocycles. The van der Waals surface area contributed by atoms with E-state index in [2.05, 4.69) is 22.0 Å². The third-order valence-corrected chi connectivity index (χ3v) is 8.71. The molecule has 1 N–H and O–H groups in total. The third kappa shape index (κ3) is 5.02. The number of piperazine rings is 1. The molecular formula is C28H40N4O4. The van der Waals surface area contributed by atoms with Crippen LogP contribution in [0.25, 0.3) is 0 Å². The maximum atomic E-state index is 13.9. The van der Waals surface area contributed by atoms with Crippen LogP contribution in [-0.4, -0.2) is 91.5 Å². The van der Waals surface area contributed by atoms with Gasteiger partial charge in [-0.15, -0.1) is 0 Å². The van der Waals surface area contributed by atoms with Crippen LogP contribution in [0.5, 0.6) is 0 Å². The van der Waals surface area contributed by atoms with Crippen LogP contribution in [0.1, 0.15) is 56.3 Å². The molecule has 0 unspecified atom stereocenters. The zero-order valence-corrected chi connectivity index (χ0v) is 21.7. The number of hydrogen-bond donors (Lipinski definition) is 1. The highest BCUT2D eigenvalue weighted by molar-refractivity contribution is 5.99. The zero-order valence-electron chi connectivity index (χ0n) is 21.7. The zero-order chi connectivity index (χ0) is 25.2. The summed E-state index contributed by atoms with van der Waals surface area (Å²) >= 11 is 0. The van der Waals surface area contributed by atoms with Crippen LogP contribution in [0.15, 0.2) is 24.3 Å². The molecule has 5 rings (SSSR count).